The lowest BCUT2D eigenvalue weighted by Crippen LogP contribution is -2.55. The van der Waals surface area contributed by atoms with Gasteiger partial charge in [-0.3, -0.25) is 4.90 Å². The van der Waals surface area contributed by atoms with Gasteiger partial charge in [-0.2, -0.15) is 4.31 Å². The monoisotopic (exact) mass is 631 g/mol. The fraction of sp³-hybridized carbons (Fsp3) is 0.581. The van der Waals surface area contributed by atoms with Crippen molar-refractivity contribution in [2.75, 3.05) is 46.6 Å². The second-order valence-corrected chi connectivity index (χ2v) is 13.9. The maximum Gasteiger partial charge on any atom is 0.407 e. The summed E-state index contributed by atoms with van der Waals surface area (Å²) in [5, 5.41) is 14.4. The molecule has 12 nitrogen and oxygen atoms in total. The van der Waals surface area contributed by atoms with Gasteiger partial charge < -0.3 is 34.1 Å². The Balaban J connectivity index is 1.18. The van der Waals surface area contributed by atoms with Crippen LogP contribution in [0.15, 0.2) is 41.3 Å². The summed E-state index contributed by atoms with van der Waals surface area (Å²) in [5.74, 6) is 1.23. The van der Waals surface area contributed by atoms with Crippen molar-refractivity contribution in [1.29, 1.82) is 0 Å². The highest BCUT2D eigenvalue weighted by Crippen LogP contribution is 2.36. The summed E-state index contributed by atoms with van der Waals surface area (Å²) in [7, 11) is -2.35. The van der Waals surface area contributed by atoms with Gasteiger partial charge in [0, 0.05) is 32.7 Å². The Morgan fingerprint density at radius 1 is 1.11 bits per heavy atom. The number of carbonyl (C=O) groups excluding carboxylic acids is 1. The summed E-state index contributed by atoms with van der Waals surface area (Å²) in [5.41, 5.74) is 2.93. The van der Waals surface area contributed by atoms with E-state index in [2.05, 4.69) is 10.2 Å². The lowest BCUT2D eigenvalue weighted by atomic mass is 10.00. The number of carbonyl (C=O) groups is 1. The van der Waals surface area contributed by atoms with Crippen molar-refractivity contribution < 1.29 is 42.0 Å². The van der Waals surface area contributed by atoms with E-state index in [0.717, 1.165) is 23.3 Å². The molecule has 2 saturated heterocycles. The van der Waals surface area contributed by atoms with Crippen molar-refractivity contribution in [1.82, 2.24) is 14.5 Å². The summed E-state index contributed by atoms with van der Waals surface area (Å²) >= 11 is 0. The van der Waals surface area contributed by atoms with Crippen molar-refractivity contribution in [3.05, 3.63) is 53.1 Å². The van der Waals surface area contributed by atoms with Gasteiger partial charge in [0.15, 0.2) is 6.29 Å². The molecule has 1 amide bonds. The molecule has 0 spiro atoms. The molecule has 0 saturated carbocycles. The second kappa shape index (κ2) is 12.8. The van der Waals surface area contributed by atoms with Gasteiger partial charge in [-0.25, -0.2) is 13.2 Å². The molecule has 0 radical (unpaired) electrons. The van der Waals surface area contributed by atoms with Gasteiger partial charge in [0.25, 0.3) is 0 Å². The molecule has 2 aromatic carbocycles. The Hall–Kier alpha value is -2.94. The van der Waals surface area contributed by atoms with Crippen LogP contribution in [0.25, 0.3) is 0 Å². The van der Waals surface area contributed by atoms with Crippen LogP contribution in [0.4, 0.5) is 4.79 Å². The Morgan fingerprint density at radius 3 is 2.70 bits per heavy atom. The van der Waals surface area contributed by atoms with E-state index in [1.807, 2.05) is 32.0 Å². The third-order valence-electron chi connectivity index (χ3n) is 8.98. The summed E-state index contributed by atoms with van der Waals surface area (Å²) in [6.07, 6.45) is -1.98. The molecule has 4 aliphatic rings. The van der Waals surface area contributed by atoms with Crippen LogP contribution in [0, 0.1) is 5.92 Å². The van der Waals surface area contributed by atoms with E-state index in [1.54, 1.807) is 25.3 Å². The van der Waals surface area contributed by atoms with Crippen LogP contribution in [-0.4, -0.2) is 99.9 Å². The zero-order valence-electron chi connectivity index (χ0n) is 25.3. The normalized spacial score (nSPS) is 27.2. The molecular weight excluding hydrogens is 590 g/mol. The molecule has 6 atom stereocenters. The smallest absolute Gasteiger partial charge is 0.407 e. The van der Waals surface area contributed by atoms with Crippen molar-refractivity contribution in [2.24, 2.45) is 5.92 Å². The van der Waals surface area contributed by atoms with E-state index < -0.39 is 34.4 Å². The van der Waals surface area contributed by atoms with Gasteiger partial charge >= 0.3 is 6.09 Å². The Kier molecular flexibility index (Phi) is 9.05. The first-order chi connectivity index (χ1) is 21.2. The molecule has 0 bridgehead atoms. The maximum atomic E-state index is 13.7. The second-order valence-electron chi connectivity index (χ2n) is 11.9. The van der Waals surface area contributed by atoms with Crippen LogP contribution in [0.1, 0.15) is 42.9 Å². The number of fused-ring (bicyclic) bond motifs is 3. The summed E-state index contributed by atoms with van der Waals surface area (Å²) in [4.78, 5) is 15.5. The number of ether oxygens (including phenoxy) is 5. The number of aliphatic hydroxyl groups is 1. The summed E-state index contributed by atoms with van der Waals surface area (Å²) in [6.45, 7) is 6.74. The number of aliphatic hydroxyl groups excluding tert-OH is 1. The highest BCUT2D eigenvalue weighted by atomic mass is 32.2. The average molecular weight is 632 g/mol. The van der Waals surface area contributed by atoms with E-state index in [4.69, 9.17) is 23.7 Å². The van der Waals surface area contributed by atoms with Gasteiger partial charge in [0.2, 0.25) is 10.0 Å². The van der Waals surface area contributed by atoms with Crippen molar-refractivity contribution in [3.63, 3.8) is 0 Å². The van der Waals surface area contributed by atoms with E-state index >= 15 is 0 Å². The number of hydrogen-bond donors (Lipinski definition) is 2. The lowest BCUT2D eigenvalue weighted by Gasteiger charge is -2.36. The predicted octanol–water partition coefficient (Wildman–Crippen LogP) is 2.43. The third-order valence-corrected chi connectivity index (χ3v) is 10.9. The predicted molar refractivity (Wildman–Crippen MR) is 159 cm³/mol. The minimum Gasteiger partial charge on any atom is -0.497 e. The van der Waals surface area contributed by atoms with E-state index in [-0.39, 0.29) is 49.3 Å². The highest BCUT2D eigenvalue weighted by Gasteiger charge is 2.44. The Bertz CT molecular complexity index is 1470. The van der Waals surface area contributed by atoms with Crippen LogP contribution in [0.2, 0.25) is 0 Å². The minimum atomic E-state index is -3.89. The van der Waals surface area contributed by atoms with Gasteiger partial charge in [0.05, 0.1) is 49.9 Å². The molecule has 2 fully saturated rings. The van der Waals surface area contributed by atoms with E-state index in [1.165, 1.54) is 4.31 Å². The molecule has 0 aliphatic carbocycles. The molecule has 0 aromatic heterocycles. The maximum absolute atomic E-state index is 13.7. The number of methoxy groups -OCH3 is 1. The molecule has 4 heterocycles. The molecule has 1 unspecified atom stereocenters. The number of rotatable bonds is 10. The summed E-state index contributed by atoms with van der Waals surface area (Å²) in [6, 6.07) is 10.1. The topological polar surface area (TPSA) is 136 Å². The zero-order chi connectivity index (χ0) is 31.0. The molecule has 240 valence electrons. The minimum absolute atomic E-state index is 0.0320. The van der Waals surface area contributed by atoms with E-state index in [0.29, 0.717) is 37.6 Å². The van der Waals surface area contributed by atoms with Crippen LogP contribution in [0.5, 0.6) is 11.5 Å². The first-order valence-electron chi connectivity index (χ1n) is 15.2. The van der Waals surface area contributed by atoms with Crippen LogP contribution in [0.3, 0.4) is 0 Å². The summed E-state index contributed by atoms with van der Waals surface area (Å²) < 4.78 is 56.5. The lowest BCUT2D eigenvalue weighted by molar-refractivity contribution is -0.0907. The highest BCUT2D eigenvalue weighted by molar-refractivity contribution is 7.89. The van der Waals surface area contributed by atoms with Crippen LogP contribution in [-0.2, 0) is 37.3 Å². The molecule has 6 rings (SSSR count). The largest absolute Gasteiger partial charge is 0.497 e. The van der Waals surface area contributed by atoms with Crippen molar-refractivity contribution >= 4 is 16.1 Å². The number of amides is 1. The number of alkyl carbamates (subject to hydrolysis) is 1. The molecular formula is C31H41N3O9S. The number of benzene rings is 2. The van der Waals surface area contributed by atoms with Gasteiger partial charge in [-0.05, 0) is 66.3 Å². The average Bonchev–Trinajstić information content (AvgIpc) is 3.72. The third kappa shape index (κ3) is 6.26. The number of β-amino-alcohol motifs (C(OH)–C–C–N with tert-alkyl or cyclic N) is 1. The van der Waals surface area contributed by atoms with Gasteiger partial charge in [-0.1, -0.05) is 13.0 Å². The first kappa shape index (κ1) is 31.1. The molecule has 4 aliphatic heterocycles. The standard InChI is InChI=1S/C31H41N3O9S/c1-4-40-23-6-5-20-14-33(15-21(20)11-23)16-26(32-31(36)43-28-18-42-30-24(28)9-10-41-30)27(35)17-34-13-19(2)25-12-22(39-3)7-8-29(25)44(34,37)38/h5-8,11-12,19,24,26-28,30,35H,4,9-10,13-18H2,1-3H3,(H,32,36)/t19?,24-,26-,27+,28-,30+/m0/s1. The van der Waals surface area contributed by atoms with Gasteiger partial charge in [0.1, 0.15) is 17.6 Å². The Morgan fingerprint density at radius 2 is 1.91 bits per heavy atom. The van der Waals surface area contributed by atoms with Crippen LogP contribution >= 0.6 is 0 Å². The number of nitrogens with zero attached hydrogens (tertiary/aromatic N) is 2. The SMILES string of the molecule is CCOc1ccc2c(c1)CN(C[C@H](NC(=O)O[C@H]1CO[C@H]3OCC[C@H]31)[C@H](O)CN1CC(C)c3cc(OC)ccc3S1(=O)=O)C2. The number of hydrogen-bond acceptors (Lipinski definition) is 10. The number of sulfonamides is 1. The molecule has 2 aromatic rings. The van der Waals surface area contributed by atoms with Gasteiger partial charge in [-0.15, -0.1) is 0 Å². The van der Waals surface area contributed by atoms with Crippen molar-refractivity contribution in [2.45, 2.75) is 68.7 Å². The Labute approximate surface area is 258 Å². The molecule has 44 heavy (non-hydrogen) atoms. The van der Waals surface area contributed by atoms with E-state index in [9.17, 15) is 18.3 Å². The molecule has 2 N–H and O–H groups in total. The zero-order valence-corrected chi connectivity index (χ0v) is 26.1. The van der Waals surface area contributed by atoms with Crippen molar-refractivity contribution in [3.8, 4) is 11.5 Å². The van der Waals surface area contributed by atoms with Crippen LogP contribution < -0.4 is 14.8 Å². The fourth-order valence-corrected chi connectivity index (χ4v) is 8.51. The first-order valence-corrected chi connectivity index (χ1v) is 16.6. The fourth-order valence-electron chi connectivity index (χ4n) is 6.66. The quantitative estimate of drug-likeness (QED) is 0.403. The molecule has 13 heteroatoms. The number of nitrogens with one attached hydrogen (secondary N) is 1.